The van der Waals surface area contributed by atoms with Crippen molar-refractivity contribution in [1.82, 2.24) is 19.9 Å². The average Bonchev–Trinajstić information content (AvgIpc) is 2.96. The number of rotatable bonds is 7. The van der Waals surface area contributed by atoms with E-state index in [1.165, 1.54) is 0 Å². The number of ether oxygens (including phenoxy) is 1. The van der Waals surface area contributed by atoms with E-state index in [2.05, 4.69) is 19.9 Å². The van der Waals surface area contributed by atoms with Gasteiger partial charge in [0.25, 0.3) is 0 Å². The number of sulfonamides is 1. The Balaban J connectivity index is 1.97. The maximum Gasteiger partial charge on any atom is 0.211 e. The van der Waals surface area contributed by atoms with Gasteiger partial charge in [0.2, 0.25) is 10.0 Å². The van der Waals surface area contributed by atoms with Crippen molar-refractivity contribution in [3.05, 3.63) is 30.1 Å². The van der Waals surface area contributed by atoms with Crippen LogP contribution in [0, 0.1) is 0 Å². The van der Waals surface area contributed by atoms with Crippen LogP contribution in [0.3, 0.4) is 0 Å². The lowest BCUT2D eigenvalue weighted by Crippen LogP contribution is -2.27. The van der Waals surface area contributed by atoms with Crippen molar-refractivity contribution < 1.29 is 13.2 Å². The molecule has 0 saturated heterocycles. The van der Waals surface area contributed by atoms with Gasteiger partial charge in [-0.3, -0.25) is 5.10 Å². The standard InChI is InChI=1S/C13H18N4O3S/c1-3-21(18,19)14-9-8-12-15-13(17-16-12)10-4-6-11(20-2)7-5-10/h4-7,14H,3,8-9H2,1-2H3,(H,15,16,17). The molecule has 0 spiro atoms. The molecule has 0 aliphatic heterocycles. The first-order chi connectivity index (χ1) is 10.0. The van der Waals surface area contributed by atoms with Gasteiger partial charge in [-0.2, -0.15) is 5.10 Å². The first-order valence-corrected chi connectivity index (χ1v) is 8.22. The monoisotopic (exact) mass is 310 g/mol. The zero-order chi connectivity index (χ0) is 15.3. The molecule has 0 aliphatic rings. The van der Waals surface area contributed by atoms with Gasteiger partial charge in [0, 0.05) is 18.5 Å². The molecule has 0 atom stereocenters. The SMILES string of the molecule is CCS(=O)(=O)NCCc1nc(-c2ccc(OC)cc2)n[nH]1. The van der Waals surface area contributed by atoms with Gasteiger partial charge in [-0.1, -0.05) is 0 Å². The van der Waals surface area contributed by atoms with Gasteiger partial charge in [-0.15, -0.1) is 0 Å². The average molecular weight is 310 g/mol. The molecule has 0 bridgehead atoms. The van der Waals surface area contributed by atoms with Crippen molar-refractivity contribution in [3.8, 4) is 17.1 Å². The third-order valence-electron chi connectivity index (χ3n) is 2.94. The highest BCUT2D eigenvalue weighted by molar-refractivity contribution is 7.89. The molecule has 0 unspecified atom stereocenters. The molecule has 0 fully saturated rings. The van der Waals surface area contributed by atoms with Crippen LogP contribution in [-0.2, 0) is 16.4 Å². The van der Waals surface area contributed by atoms with Crippen LogP contribution in [0.5, 0.6) is 5.75 Å². The van der Waals surface area contributed by atoms with Crippen LogP contribution < -0.4 is 9.46 Å². The summed E-state index contributed by atoms with van der Waals surface area (Å²) in [4.78, 5) is 4.34. The van der Waals surface area contributed by atoms with Crippen LogP contribution >= 0.6 is 0 Å². The Morgan fingerprint density at radius 2 is 2.00 bits per heavy atom. The molecule has 8 heteroatoms. The summed E-state index contributed by atoms with van der Waals surface area (Å²) in [5.74, 6) is 2.05. The number of methoxy groups -OCH3 is 1. The van der Waals surface area contributed by atoms with Gasteiger partial charge in [-0.25, -0.2) is 18.1 Å². The maximum atomic E-state index is 11.3. The lowest BCUT2D eigenvalue weighted by molar-refractivity contribution is 0.415. The van der Waals surface area contributed by atoms with Crippen molar-refractivity contribution in [2.75, 3.05) is 19.4 Å². The third kappa shape index (κ3) is 4.27. The molecule has 1 aromatic heterocycles. The third-order valence-corrected chi connectivity index (χ3v) is 4.35. The van der Waals surface area contributed by atoms with Crippen molar-refractivity contribution in [3.63, 3.8) is 0 Å². The van der Waals surface area contributed by atoms with Crippen LogP contribution in [0.25, 0.3) is 11.4 Å². The fourth-order valence-electron chi connectivity index (χ4n) is 1.70. The van der Waals surface area contributed by atoms with E-state index in [9.17, 15) is 8.42 Å². The van der Waals surface area contributed by atoms with Gasteiger partial charge in [-0.05, 0) is 31.2 Å². The second-order valence-corrected chi connectivity index (χ2v) is 6.48. The Bertz CT molecular complexity index is 680. The lowest BCUT2D eigenvalue weighted by Gasteiger charge is -2.01. The minimum atomic E-state index is -3.17. The molecule has 0 aliphatic carbocycles. The quantitative estimate of drug-likeness (QED) is 0.794. The van der Waals surface area contributed by atoms with Crippen LogP contribution in [0.15, 0.2) is 24.3 Å². The van der Waals surface area contributed by atoms with E-state index in [4.69, 9.17) is 4.74 Å². The summed E-state index contributed by atoms with van der Waals surface area (Å²) in [6, 6.07) is 7.40. The Morgan fingerprint density at radius 3 is 2.62 bits per heavy atom. The summed E-state index contributed by atoms with van der Waals surface area (Å²) in [7, 11) is -1.56. The molecule has 1 heterocycles. The fourth-order valence-corrected chi connectivity index (χ4v) is 2.32. The highest BCUT2D eigenvalue weighted by atomic mass is 32.2. The number of H-pyrrole nitrogens is 1. The summed E-state index contributed by atoms with van der Waals surface area (Å²) in [6.07, 6.45) is 0.461. The van der Waals surface area contributed by atoms with Crippen LogP contribution in [0.2, 0.25) is 0 Å². The fraction of sp³-hybridized carbons (Fsp3) is 0.385. The molecule has 0 saturated carbocycles. The number of nitrogens with zero attached hydrogens (tertiary/aromatic N) is 2. The first kappa shape index (κ1) is 15.5. The number of hydrogen-bond acceptors (Lipinski definition) is 5. The van der Waals surface area contributed by atoms with E-state index >= 15 is 0 Å². The van der Waals surface area contributed by atoms with Crippen LogP contribution in [0.4, 0.5) is 0 Å². The number of hydrogen-bond donors (Lipinski definition) is 2. The predicted octanol–water partition coefficient (Wildman–Crippen LogP) is 0.962. The topological polar surface area (TPSA) is 97.0 Å². The summed E-state index contributed by atoms with van der Waals surface area (Å²) < 4.78 is 30.2. The molecule has 21 heavy (non-hydrogen) atoms. The van der Waals surface area contributed by atoms with E-state index in [1.807, 2.05) is 24.3 Å². The van der Waals surface area contributed by atoms with Crippen molar-refractivity contribution >= 4 is 10.0 Å². The Kier molecular flexibility index (Phi) is 4.92. The smallest absolute Gasteiger partial charge is 0.211 e. The molecule has 2 N–H and O–H groups in total. The Hall–Kier alpha value is -1.93. The van der Waals surface area contributed by atoms with E-state index in [0.717, 1.165) is 11.3 Å². The van der Waals surface area contributed by atoms with E-state index in [0.29, 0.717) is 24.6 Å². The number of aromatic nitrogens is 3. The number of benzene rings is 1. The van der Waals surface area contributed by atoms with Gasteiger partial charge in [0.1, 0.15) is 11.6 Å². The summed E-state index contributed by atoms with van der Waals surface area (Å²) in [6.45, 7) is 1.89. The molecule has 0 radical (unpaired) electrons. The zero-order valence-corrected chi connectivity index (χ0v) is 12.8. The maximum absolute atomic E-state index is 11.3. The van der Waals surface area contributed by atoms with Crippen LogP contribution in [0.1, 0.15) is 12.7 Å². The molecular formula is C13H18N4O3S. The number of nitrogens with one attached hydrogen (secondary N) is 2. The molecule has 1 aromatic carbocycles. The molecule has 0 amide bonds. The molecule has 2 rings (SSSR count). The van der Waals surface area contributed by atoms with Gasteiger partial charge in [0.15, 0.2) is 5.82 Å². The molecular weight excluding hydrogens is 292 g/mol. The van der Waals surface area contributed by atoms with Crippen molar-refractivity contribution in [2.45, 2.75) is 13.3 Å². The minimum Gasteiger partial charge on any atom is -0.497 e. The van der Waals surface area contributed by atoms with E-state index < -0.39 is 10.0 Å². The van der Waals surface area contributed by atoms with Crippen LogP contribution in [-0.4, -0.2) is 43.0 Å². The highest BCUT2D eigenvalue weighted by Crippen LogP contribution is 2.18. The summed E-state index contributed by atoms with van der Waals surface area (Å²) in [5.41, 5.74) is 0.868. The largest absolute Gasteiger partial charge is 0.497 e. The normalized spacial score (nSPS) is 11.5. The minimum absolute atomic E-state index is 0.0699. The highest BCUT2D eigenvalue weighted by Gasteiger charge is 2.08. The predicted molar refractivity (Wildman–Crippen MR) is 79.5 cm³/mol. The van der Waals surface area contributed by atoms with Crippen molar-refractivity contribution in [2.24, 2.45) is 0 Å². The lowest BCUT2D eigenvalue weighted by atomic mass is 10.2. The Morgan fingerprint density at radius 1 is 1.29 bits per heavy atom. The summed E-state index contributed by atoms with van der Waals surface area (Å²) >= 11 is 0. The van der Waals surface area contributed by atoms with Gasteiger partial charge in [0.05, 0.1) is 12.9 Å². The number of aromatic amines is 1. The second kappa shape index (κ2) is 6.68. The van der Waals surface area contributed by atoms with Gasteiger partial charge < -0.3 is 4.74 Å². The Labute approximate surface area is 123 Å². The molecule has 2 aromatic rings. The molecule has 114 valence electrons. The first-order valence-electron chi connectivity index (χ1n) is 6.57. The van der Waals surface area contributed by atoms with Crippen molar-refractivity contribution in [1.29, 1.82) is 0 Å². The second-order valence-electron chi connectivity index (χ2n) is 4.38. The molecule has 7 nitrogen and oxygen atoms in total. The summed E-state index contributed by atoms with van der Waals surface area (Å²) in [5, 5.41) is 6.93. The van der Waals surface area contributed by atoms with E-state index in [-0.39, 0.29) is 5.75 Å². The van der Waals surface area contributed by atoms with E-state index in [1.54, 1.807) is 14.0 Å². The van der Waals surface area contributed by atoms with Gasteiger partial charge >= 0.3 is 0 Å². The zero-order valence-electron chi connectivity index (χ0n) is 12.0.